The Morgan fingerprint density at radius 1 is 1.12 bits per heavy atom. The summed E-state index contributed by atoms with van der Waals surface area (Å²) in [5.74, 6) is 0.571. The van der Waals surface area contributed by atoms with Crippen LogP contribution in [0.25, 0.3) is 0 Å². The molecule has 0 atom stereocenters. The third-order valence-electron chi connectivity index (χ3n) is 5.46. The Morgan fingerprint density at radius 3 is 2.48 bits per heavy atom. The second-order valence-corrected chi connectivity index (χ2v) is 7.73. The summed E-state index contributed by atoms with van der Waals surface area (Å²) in [6.45, 7) is 4.70. The van der Waals surface area contributed by atoms with Gasteiger partial charge in [-0.1, -0.05) is 43.7 Å². The van der Waals surface area contributed by atoms with Crippen molar-refractivity contribution in [3.63, 3.8) is 0 Å². The molecule has 2 N–H and O–H groups in total. The van der Waals surface area contributed by atoms with Gasteiger partial charge in [-0.05, 0) is 37.0 Å². The number of carbonyl (C=O) groups excluding carboxylic acids is 1. The van der Waals surface area contributed by atoms with Crippen LogP contribution in [0.1, 0.15) is 55.3 Å². The lowest BCUT2D eigenvalue weighted by Gasteiger charge is -2.29. The minimum atomic E-state index is -0.0427. The lowest BCUT2D eigenvalue weighted by atomic mass is 9.91. The zero-order valence-electron chi connectivity index (χ0n) is 15.0. The number of halogens is 1. The zero-order valence-corrected chi connectivity index (χ0v) is 15.8. The molecular formula is C20H30ClN3O. The van der Waals surface area contributed by atoms with Crippen molar-refractivity contribution in [3.8, 4) is 0 Å². The molecule has 1 aliphatic carbocycles. The van der Waals surface area contributed by atoms with Gasteiger partial charge in [0.15, 0.2) is 0 Å². The smallest absolute Gasteiger partial charge is 0.252 e. The van der Waals surface area contributed by atoms with Crippen LogP contribution < -0.4 is 15.5 Å². The summed E-state index contributed by atoms with van der Waals surface area (Å²) < 4.78 is 0. The molecule has 1 aromatic carbocycles. The van der Waals surface area contributed by atoms with Crippen LogP contribution in [-0.4, -0.2) is 38.6 Å². The molecule has 1 amide bonds. The summed E-state index contributed by atoms with van der Waals surface area (Å²) in [7, 11) is 0. The number of nitrogens with one attached hydrogen (secondary N) is 2. The van der Waals surface area contributed by atoms with E-state index in [4.69, 9.17) is 11.6 Å². The second-order valence-electron chi connectivity index (χ2n) is 7.32. The molecule has 5 heteroatoms. The average molecular weight is 364 g/mol. The van der Waals surface area contributed by atoms with Gasteiger partial charge >= 0.3 is 0 Å². The lowest BCUT2D eigenvalue weighted by molar-refractivity contribution is 0.0945. The number of rotatable bonds is 4. The van der Waals surface area contributed by atoms with Gasteiger partial charge in [-0.15, -0.1) is 0 Å². The molecule has 1 aromatic rings. The van der Waals surface area contributed by atoms with Crippen molar-refractivity contribution < 1.29 is 4.79 Å². The third kappa shape index (κ3) is 5.35. The first kappa shape index (κ1) is 18.5. The lowest BCUT2D eigenvalue weighted by Crippen LogP contribution is -2.43. The summed E-state index contributed by atoms with van der Waals surface area (Å²) in [4.78, 5) is 14.8. The summed E-state index contributed by atoms with van der Waals surface area (Å²) in [6, 6.07) is 5.81. The molecule has 4 nitrogen and oxygen atoms in total. The fourth-order valence-electron chi connectivity index (χ4n) is 3.88. The first-order valence-electron chi connectivity index (χ1n) is 9.77. The predicted molar refractivity (Wildman–Crippen MR) is 105 cm³/mol. The monoisotopic (exact) mass is 363 g/mol. The van der Waals surface area contributed by atoms with Crippen LogP contribution in [0.5, 0.6) is 0 Å². The molecule has 0 spiro atoms. The van der Waals surface area contributed by atoms with Gasteiger partial charge in [-0.2, -0.15) is 0 Å². The van der Waals surface area contributed by atoms with Crippen LogP contribution in [0.4, 0.5) is 5.69 Å². The molecule has 2 aliphatic rings. The average Bonchev–Trinajstić information content (AvgIpc) is 2.61. The van der Waals surface area contributed by atoms with Crippen LogP contribution in [-0.2, 0) is 0 Å². The molecule has 25 heavy (non-hydrogen) atoms. The Labute approximate surface area is 156 Å². The van der Waals surface area contributed by atoms with E-state index in [2.05, 4.69) is 15.5 Å². The number of nitrogens with zero attached hydrogens (tertiary/aromatic N) is 1. The normalized spacial score (nSPS) is 20.0. The van der Waals surface area contributed by atoms with E-state index in [1.165, 1.54) is 44.9 Å². The highest BCUT2D eigenvalue weighted by Gasteiger charge is 2.17. The van der Waals surface area contributed by atoms with Gasteiger partial charge in [0, 0.05) is 38.4 Å². The molecule has 1 saturated heterocycles. The maximum atomic E-state index is 12.5. The van der Waals surface area contributed by atoms with Crippen LogP contribution in [0.2, 0.25) is 5.02 Å². The molecule has 2 fully saturated rings. The van der Waals surface area contributed by atoms with E-state index >= 15 is 0 Å². The van der Waals surface area contributed by atoms with Gasteiger partial charge in [-0.25, -0.2) is 0 Å². The number of carbonyl (C=O) groups is 1. The molecule has 0 radical (unpaired) electrons. The van der Waals surface area contributed by atoms with Crippen molar-refractivity contribution >= 4 is 23.2 Å². The Morgan fingerprint density at radius 2 is 1.80 bits per heavy atom. The molecule has 1 heterocycles. The highest BCUT2D eigenvalue weighted by molar-refractivity contribution is 6.34. The van der Waals surface area contributed by atoms with Crippen molar-refractivity contribution in [1.29, 1.82) is 0 Å². The van der Waals surface area contributed by atoms with Crippen LogP contribution >= 0.6 is 11.6 Å². The SMILES string of the molecule is O=C(NCC1CCCCCCC1)c1ccc(N2CCNCC2)cc1Cl. The van der Waals surface area contributed by atoms with Crippen molar-refractivity contribution in [2.45, 2.75) is 44.9 Å². The molecule has 1 aliphatic heterocycles. The maximum absolute atomic E-state index is 12.5. The number of anilines is 1. The molecular weight excluding hydrogens is 334 g/mol. The molecule has 0 unspecified atom stereocenters. The van der Waals surface area contributed by atoms with Gasteiger partial charge in [-0.3, -0.25) is 4.79 Å². The summed E-state index contributed by atoms with van der Waals surface area (Å²) in [5, 5.41) is 7.00. The van der Waals surface area contributed by atoms with Crippen molar-refractivity contribution in [2.24, 2.45) is 5.92 Å². The Hall–Kier alpha value is -1.26. The first-order valence-corrected chi connectivity index (χ1v) is 10.2. The van der Waals surface area contributed by atoms with Crippen molar-refractivity contribution in [3.05, 3.63) is 28.8 Å². The Bertz CT molecular complexity index is 564. The van der Waals surface area contributed by atoms with Gasteiger partial charge in [0.2, 0.25) is 0 Å². The van der Waals surface area contributed by atoms with Gasteiger partial charge < -0.3 is 15.5 Å². The van der Waals surface area contributed by atoms with E-state index in [0.29, 0.717) is 16.5 Å². The number of hydrogen-bond donors (Lipinski definition) is 2. The predicted octanol–water partition coefficient (Wildman–Crippen LogP) is 3.84. The highest BCUT2D eigenvalue weighted by Crippen LogP contribution is 2.25. The summed E-state index contributed by atoms with van der Waals surface area (Å²) in [5.41, 5.74) is 1.69. The topological polar surface area (TPSA) is 44.4 Å². The fourth-order valence-corrected chi connectivity index (χ4v) is 4.15. The minimum absolute atomic E-state index is 0.0427. The minimum Gasteiger partial charge on any atom is -0.369 e. The van der Waals surface area contributed by atoms with Crippen LogP contribution in [0, 0.1) is 5.92 Å². The van der Waals surface area contributed by atoms with Crippen LogP contribution in [0.3, 0.4) is 0 Å². The van der Waals surface area contributed by atoms with E-state index in [0.717, 1.165) is 38.4 Å². The largest absolute Gasteiger partial charge is 0.369 e. The number of piperazine rings is 1. The third-order valence-corrected chi connectivity index (χ3v) is 5.77. The summed E-state index contributed by atoms with van der Waals surface area (Å²) in [6.07, 6.45) is 9.09. The highest BCUT2D eigenvalue weighted by atomic mass is 35.5. The van der Waals surface area contributed by atoms with E-state index in [-0.39, 0.29) is 5.91 Å². The van der Waals surface area contributed by atoms with E-state index in [9.17, 15) is 4.79 Å². The number of benzene rings is 1. The van der Waals surface area contributed by atoms with E-state index in [1.54, 1.807) is 0 Å². The quantitative estimate of drug-likeness (QED) is 0.854. The van der Waals surface area contributed by atoms with E-state index < -0.39 is 0 Å². The Kier molecular flexibility index (Phi) is 7.00. The van der Waals surface area contributed by atoms with Gasteiger partial charge in [0.25, 0.3) is 5.91 Å². The van der Waals surface area contributed by atoms with Gasteiger partial charge in [0.1, 0.15) is 0 Å². The number of hydrogen-bond acceptors (Lipinski definition) is 3. The van der Waals surface area contributed by atoms with E-state index in [1.807, 2.05) is 18.2 Å². The van der Waals surface area contributed by atoms with Crippen molar-refractivity contribution in [2.75, 3.05) is 37.6 Å². The maximum Gasteiger partial charge on any atom is 0.252 e. The van der Waals surface area contributed by atoms with Crippen LogP contribution in [0.15, 0.2) is 18.2 Å². The van der Waals surface area contributed by atoms with Crippen molar-refractivity contribution in [1.82, 2.24) is 10.6 Å². The molecule has 0 aromatic heterocycles. The molecule has 0 bridgehead atoms. The fraction of sp³-hybridized carbons (Fsp3) is 0.650. The molecule has 1 saturated carbocycles. The van der Waals surface area contributed by atoms with Gasteiger partial charge in [0.05, 0.1) is 10.6 Å². The number of amides is 1. The zero-order chi connectivity index (χ0) is 17.5. The Balaban J connectivity index is 1.55. The standard InChI is InChI=1S/C20H30ClN3O/c21-19-14-17(24-12-10-22-11-13-24)8-9-18(19)20(25)23-15-16-6-4-2-1-3-5-7-16/h8-9,14,16,22H,1-7,10-13,15H2,(H,23,25). The first-order chi connectivity index (χ1) is 12.2. The molecule has 138 valence electrons. The second kappa shape index (κ2) is 9.44. The molecule has 3 rings (SSSR count). The summed E-state index contributed by atoms with van der Waals surface area (Å²) >= 11 is 6.41.